The van der Waals surface area contributed by atoms with Crippen LogP contribution < -0.4 is 4.90 Å². The molecule has 0 saturated carbocycles. The molecule has 21 heavy (non-hydrogen) atoms. The molecular formula is C15H16Cl2N2O2. The van der Waals surface area contributed by atoms with Crippen molar-refractivity contribution in [2.75, 3.05) is 36.9 Å². The summed E-state index contributed by atoms with van der Waals surface area (Å²) in [6, 6.07) is 9.27. The summed E-state index contributed by atoms with van der Waals surface area (Å²) in [5.74, 6) is 0.381. The summed E-state index contributed by atoms with van der Waals surface area (Å²) < 4.78 is 4.53. The molecule has 4 nitrogen and oxygen atoms in total. The van der Waals surface area contributed by atoms with Gasteiger partial charge in [0.15, 0.2) is 0 Å². The van der Waals surface area contributed by atoms with Crippen molar-refractivity contribution in [2.45, 2.75) is 0 Å². The van der Waals surface area contributed by atoms with Crippen LogP contribution in [0.25, 0.3) is 6.08 Å². The molecule has 6 heteroatoms. The Kier molecular flexibility index (Phi) is 7.66. The Bertz CT molecular complexity index is 530. The summed E-state index contributed by atoms with van der Waals surface area (Å²) in [5, 5.41) is 8.91. The largest absolute Gasteiger partial charge is 0.465 e. The van der Waals surface area contributed by atoms with Crippen LogP contribution in [-0.4, -0.2) is 37.9 Å². The maximum Gasteiger partial charge on any atom is 0.348 e. The van der Waals surface area contributed by atoms with E-state index in [0.717, 1.165) is 11.3 Å². The van der Waals surface area contributed by atoms with Gasteiger partial charge in [0.05, 0.1) is 7.11 Å². The first-order chi connectivity index (χ1) is 10.2. The minimum atomic E-state index is -0.646. The summed E-state index contributed by atoms with van der Waals surface area (Å²) in [5.41, 5.74) is 1.70. The number of nitrogens with zero attached hydrogens (tertiary/aromatic N) is 2. The van der Waals surface area contributed by atoms with Crippen molar-refractivity contribution in [1.29, 1.82) is 5.26 Å². The van der Waals surface area contributed by atoms with Gasteiger partial charge in [0.25, 0.3) is 0 Å². The summed E-state index contributed by atoms with van der Waals surface area (Å²) in [7, 11) is 1.24. The lowest BCUT2D eigenvalue weighted by atomic mass is 10.1. The van der Waals surface area contributed by atoms with Crippen molar-refractivity contribution in [2.24, 2.45) is 0 Å². The van der Waals surface area contributed by atoms with Crippen molar-refractivity contribution in [3.63, 3.8) is 0 Å². The van der Waals surface area contributed by atoms with E-state index < -0.39 is 5.97 Å². The Morgan fingerprint density at radius 3 is 2.29 bits per heavy atom. The second-order valence-electron chi connectivity index (χ2n) is 4.12. The van der Waals surface area contributed by atoms with E-state index in [-0.39, 0.29) is 5.57 Å². The van der Waals surface area contributed by atoms with Crippen LogP contribution >= 0.6 is 23.2 Å². The van der Waals surface area contributed by atoms with Crippen LogP contribution in [0.4, 0.5) is 5.69 Å². The Hall–Kier alpha value is -1.70. The predicted octanol–water partition coefficient (Wildman–Crippen LogP) is 3.05. The molecule has 1 aromatic carbocycles. The molecule has 112 valence electrons. The summed E-state index contributed by atoms with van der Waals surface area (Å²) >= 11 is 11.5. The first kappa shape index (κ1) is 17.4. The summed E-state index contributed by atoms with van der Waals surface area (Å²) in [4.78, 5) is 13.4. The van der Waals surface area contributed by atoms with Crippen LogP contribution in [-0.2, 0) is 9.53 Å². The molecule has 0 radical (unpaired) electrons. The molecule has 0 aliphatic rings. The topological polar surface area (TPSA) is 53.3 Å². The number of hydrogen-bond donors (Lipinski definition) is 0. The van der Waals surface area contributed by atoms with E-state index in [0.29, 0.717) is 24.8 Å². The molecule has 0 fully saturated rings. The number of alkyl halides is 2. The van der Waals surface area contributed by atoms with E-state index in [1.807, 2.05) is 30.3 Å². The highest BCUT2D eigenvalue weighted by molar-refractivity contribution is 6.18. The van der Waals surface area contributed by atoms with E-state index in [4.69, 9.17) is 28.5 Å². The predicted molar refractivity (Wildman–Crippen MR) is 85.7 cm³/mol. The molecule has 0 heterocycles. The van der Waals surface area contributed by atoms with Gasteiger partial charge in [-0.3, -0.25) is 0 Å². The zero-order valence-electron chi connectivity index (χ0n) is 11.7. The third-order valence-corrected chi connectivity index (χ3v) is 3.14. The Balaban J connectivity index is 2.93. The first-order valence-corrected chi connectivity index (χ1v) is 7.40. The molecule has 0 aliphatic carbocycles. The fourth-order valence-electron chi connectivity index (χ4n) is 1.77. The van der Waals surface area contributed by atoms with E-state index in [9.17, 15) is 4.79 Å². The molecule has 0 N–H and O–H groups in total. The smallest absolute Gasteiger partial charge is 0.348 e. The van der Waals surface area contributed by atoms with Gasteiger partial charge in [-0.1, -0.05) is 12.1 Å². The van der Waals surface area contributed by atoms with Crippen LogP contribution in [0.3, 0.4) is 0 Å². The molecule has 0 spiro atoms. The number of hydrogen-bond acceptors (Lipinski definition) is 4. The second kappa shape index (κ2) is 9.28. The maximum absolute atomic E-state index is 11.3. The summed E-state index contributed by atoms with van der Waals surface area (Å²) in [6.45, 7) is 1.41. The molecule has 0 aromatic heterocycles. The van der Waals surface area contributed by atoms with Gasteiger partial charge in [-0.2, -0.15) is 5.26 Å². The molecule has 0 aliphatic heterocycles. The molecule has 0 atom stereocenters. The first-order valence-electron chi connectivity index (χ1n) is 6.33. The molecule has 0 unspecified atom stereocenters. The van der Waals surface area contributed by atoms with E-state index >= 15 is 0 Å². The fourth-order valence-corrected chi connectivity index (χ4v) is 2.18. The van der Waals surface area contributed by atoms with Gasteiger partial charge in [-0.05, 0) is 23.8 Å². The monoisotopic (exact) mass is 326 g/mol. The number of ether oxygens (including phenoxy) is 1. The van der Waals surface area contributed by atoms with Crippen molar-refractivity contribution in [3.05, 3.63) is 35.4 Å². The Labute approximate surface area is 134 Å². The molecule has 0 amide bonds. The van der Waals surface area contributed by atoms with Crippen LogP contribution in [0, 0.1) is 11.3 Å². The van der Waals surface area contributed by atoms with Crippen LogP contribution in [0.1, 0.15) is 5.56 Å². The molecule has 0 saturated heterocycles. The number of methoxy groups -OCH3 is 1. The lowest BCUT2D eigenvalue weighted by molar-refractivity contribution is -0.135. The highest BCUT2D eigenvalue weighted by Gasteiger charge is 2.09. The minimum Gasteiger partial charge on any atom is -0.465 e. The second-order valence-corrected chi connectivity index (χ2v) is 4.87. The molecule has 1 aromatic rings. The molecule has 0 bridgehead atoms. The van der Waals surface area contributed by atoms with Gasteiger partial charge in [0.2, 0.25) is 0 Å². The van der Waals surface area contributed by atoms with Crippen LogP contribution in [0.5, 0.6) is 0 Å². The fraction of sp³-hybridized carbons (Fsp3) is 0.333. The average Bonchev–Trinajstić information content (AvgIpc) is 2.52. The normalized spacial score (nSPS) is 10.9. The third-order valence-electron chi connectivity index (χ3n) is 2.80. The molecule has 1 rings (SSSR count). The minimum absolute atomic E-state index is 0.0383. The maximum atomic E-state index is 11.3. The number of halogens is 2. The average molecular weight is 327 g/mol. The van der Waals surface area contributed by atoms with Gasteiger partial charge < -0.3 is 9.64 Å². The number of carbonyl (C=O) groups excluding carboxylic acids is 1. The number of benzene rings is 1. The third kappa shape index (κ3) is 5.30. The standard InChI is InChI=1S/C15H16Cl2N2O2/c1-21-15(20)13(11-18)10-12-2-4-14(5-3-12)19(8-6-16)9-7-17/h2-5,10H,6-9H2,1H3. The zero-order valence-corrected chi connectivity index (χ0v) is 13.2. The number of anilines is 1. The van der Waals surface area contributed by atoms with Crippen molar-refractivity contribution < 1.29 is 9.53 Å². The van der Waals surface area contributed by atoms with Gasteiger partial charge in [-0.15, -0.1) is 23.2 Å². The van der Waals surface area contributed by atoms with Gasteiger partial charge in [-0.25, -0.2) is 4.79 Å². The van der Waals surface area contributed by atoms with Gasteiger partial charge in [0, 0.05) is 30.5 Å². The van der Waals surface area contributed by atoms with Crippen LogP contribution in [0.2, 0.25) is 0 Å². The van der Waals surface area contributed by atoms with Gasteiger partial charge in [0.1, 0.15) is 11.6 Å². The highest BCUT2D eigenvalue weighted by atomic mass is 35.5. The number of nitriles is 1. The van der Waals surface area contributed by atoms with E-state index in [1.165, 1.54) is 13.2 Å². The summed E-state index contributed by atoms with van der Waals surface area (Å²) in [6.07, 6.45) is 1.49. The SMILES string of the molecule is COC(=O)C(C#N)=Cc1ccc(N(CCCl)CCCl)cc1. The van der Waals surface area contributed by atoms with Crippen molar-refractivity contribution in [1.82, 2.24) is 0 Å². The Morgan fingerprint density at radius 1 is 1.29 bits per heavy atom. The van der Waals surface area contributed by atoms with E-state index in [2.05, 4.69) is 9.64 Å². The van der Waals surface area contributed by atoms with Crippen molar-refractivity contribution >= 4 is 40.9 Å². The quantitative estimate of drug-likeness (QED) is 0.334. The lowest BCUT2D eigenvalue weighted by Gasteiger charge is -2.22. The van der Waals surface area contributed by atoms with Crippen molar-refractivity contribution in [3.8, 4) is 6.07 Å². The number of rotatable bonds is 7. The number of carbonyl (C=O) groups is 1. The Morgan fingerprint density at radius 2 is 1.86 bits per heavy atom. The number of esters is 1. The highest BCUT2D eigenvalue weighted by Crippen LogP contribution is 2.17. The zero-order chi connectivity index (χ0) is 15.7. The van der Waals surface area contributed by atoms with Gasteiger partial charge >= 0.3 is 5.97 Å². The lowest BCUT2D eigenvalue weighted by Crippen LogP contribution is -2.27. The van der Waals surface area contributed by atoms with Crippen LogP contribution in [0.15, 0.2) is 29.8 Å². The van der Waals surface area contributed by atoms with E-state index in [1.54, 1.807) is 0 Å². The molecular weight excluding hydrogens is 311 g/mol.